The number of ether oxygens (including phenoxy) is 1. The van der Waals surface area contributed by atoms with Gasteiger partial charge < -0.3 is 15.4 Å². The highest BCUT2D eigenvalue weighted by Gasteiger charge is 2.07. The summed E-state index contributed by atoms with van der Waals surface area (Å²) in [6, 6.07) is 15.6. The summed E-state index contributed by atoms with van der Waals surface area (Å²) in [5, 5.41) is 7.35. The van der Waals surface area contributed by atoms with E-state index in [4.69, 9.17) is 16.3 Å². The van der Waals surface area contributed by atoms with E-state index in [9.17, 15) is 0 Å². The molecular weight excluding hydrogens is 348 g/mol. The standard InChI is InChI=1S/C20H21ClN4O/c1-13-8-9-18(26-3)17(10-13)25-20-11-19(23-14(2)24-20)22-12-15-6-4-5-7-16(15)21/h4-11H,12H2,1-3H3,(H2,22,23,24,25). The maximum absolute atomic E-state index is 6.21. The highest BCUT2D eigenvalue weighted by molar-refractivity contribution is 6.31. The summed E-state index contributed by atoms with van der Waals surface area (Å²) in [4.78, 5) is 8.91. The zero-order valence-electron chi connectivity index (χ0n) is 15.0. The first-order valence-corrected chi connectivity index (χ1v) is 8.67. The van der Waals surface area contributed by atoms with Crippen LogP contribution in [0.4, 0.5) is 17.3 Å². The van der Waals surface area contributed by atoms with Crippen LogP contribution < -0.4 is 15.4 Å². The van der Waals surface area contributed by atoms with Gasteiger partial charge in [-0.3, -0.25) is 0 Å². The lowest BCUT2D eigenvalue weighted by molar-refractivity contribution is 0.416. The van der Waals surface area contributed by atoms with Gasteiger partial charge in [0, 0.05) is 17.6 Å². The van der Waals surface area contributed by atoms with Crippen LogP contribution in [-0.2, 0) is 6.54 Å². The third kappa shape index (κ3) is 4.43. The van der Waals surface area contributed by atoms with E-state index in [0.29, 0.717) is 18.2 Å². The average Bonchev–Trinajstić information content (AvgIpc) is 2.61. The largest absolute Gasteiger partial charge is 0.495 e. The van der Waals surface area contributed by atoms with Crippen LogP contribution in [0.25, 0.3) is 0 Å². The van der Waals surface area contributed by atoms with Crippen LogP contribution in [0.2, 0.25) is 5.02 Å². The van der Waals surface area contributed by atoms with Crippen molar-refractivity contribution in [1.29, 1.82) is 0 Å². The third-order valence-corrected chi connectivity index (χ3v) is 4.24. The molecule has 6 heteroatoms. The number of methoxy groups -OCH3 is 1. The molecule has 0 amide bonds. The average molecular weight is 369 g/mol. The lowest BCUT2D eigenvalue weighted by Gasteiger charge is -2.13. The fraction of sp³-hybridized carbons (Fsp3) is 0.200. The monoisotopic (exact) mass is 368 g/mol. The van der Waals surface area contributed by atoms with Gasteiger partial charge in [0.25, 0.3) is 0 Å². The third-order valence-electron chi connectivity index (χ3n) is 3.87. The highest BCUT2D eigenvalue weighted by Crippen LogP contribution is 2.28. The number of aryl methyl sites for hydroxylation is 2. The van der Waals surface area contributed by atoms with Gasteiger partial charge in [-0.05, 0) is 43.2 Å². The number of rotatable bonds is 6. The number of anilines is 3. The summed E-state index contributed by atoms with van der Waals surface area (Å²) >= 11 is 6.21. The first-order valence-electron chi connectivity index (χ1n) is 8.30. The molecule has 0 spiro atoms. The molecule has 2 N–H and O–H groups in total. The van der Waals surface area contributed by atoms with Gasteiger partial charge in [-0.1, -0.05) is 35.9 Å². The van der Waals surface area contributed by atoms with E-state index in [1.54, 1.807) is 7.11 Å². The topological polar surface area (TPSA) is 59.1 Å². The predicted molar refractivity (Wildman–Crippen MR) is 107 cm³/mol. The minimum atomic E-state index is 0.587. The Bertz CT molecular complexity index is 914. The van der Waals surface area contributed by atoms with Gasteiger partial charge in [-0.25, -0.2) is 9.97 Å². The molecule has 0 unspecified atom stereocenters. The van der Waals surface area contributed by atoms with Gasteiger partial charge in [0.2, 0.25) is 0 Å². The zero-order chi connectivity index (χ0) is 18.5. The van der Waals surface area contributed by atoms with Crippen LogP contribution in [0.3, 0.4) is 0 Å². The van der Waals surface area contributed by atoms with Crippen molar-refractivity contribution in [3.63, 3.8) is 0 Å². The molecule has 0 fully saturated rings. The number of nitrogens with one attached hydrogen (secondary N) is 2. The van der Waals surface area contributed by atoms with Crippen molar-refractivity contribution in [2.24, 2.45) is 0 Å². The first-order chi connectivity index (χ1) is 12.5. The van der Waals surface area contributed by atoms with Crippen molar-refractivity contribution in [3.8, 4) is 5.75 Å². The molecular formula is C20H21ClN4O. The molecule has 2 aromatic carbocycles. The quantitative estimate of drug-likeness (QED) is 0.633. The van der Waals surface area contributed by atoms with Crippen LogP contribution in [0.15, 0.2) is 48.5 Å². The summed E-state index contributed by atoms with van der Waals surface area (Å²) in [6.07, 6.45) is 0. The van der Waals surface area contributed by atoms with Gasteiger partial charge in [0.1, 0.15) is 23.2 Å². The zero-order valence-corrected chi connectivity index (χ0v) is 15.8. The number of hydrogen-bond acceptors (Lipinski definition) is 5. The molecule has 3 rings (SSSR count). The van der Waals surface area contributed by atoms with Gasteiger partial charge in [-0.15, -0.1) is 0 Å². The molecule has 3 aromatic rings. The van der Waals surface area contributed by atoms with Gasteiger partial charge in [-0.2, -0.15) is 0 Å². The van der Waals surface area contributed by atoms with Crippen LogP contribution in [0.1, 0.15) is 17.0 Å². The fourth-order valence-corrected chi connectivity index (χ4v) is 2.81. The summed E-state index contributed by atoms with van der Waals surface area (Å²) in [5.74, 6) is 2.86. The minimum absolute atomic E-state index is 0.587. The van der Waals surface area contributed by atoms with Crippen molar-refractivity contribution >= 4 is 28.9 Å². The molecule has 1 heterocycles. The Balaban J connectivity index is 1.80. The summed E-state index contributed by atoms with van der Waals surface area (Å²) in [6.45, 7) is 4.48. The van der Waals surface area contributed by atoms with E-state index < -0.39 is 0 Å². The minimum Gasteiger partial charge on any atom is -0.495 e. The number of benzene rings is 2. The van der Waals surface area contributed by atoms with Crippen LogP contribution >= 0.6 is 11.6 Å². The lowest BCUT2D eigenvalue weighted by Crippen LogP contribution is -2.06. The molecule has 0 bridgehead atoms. The number of aromatic nitrogens is 2. The van der Waals surface area contributed by atoms with Crippen molar-refractivity contribution in [1.82, 2.24) is 9.97 Å². The van der Waals surface area contributed by atoms with E-state index in [2.05, 4.69) is 20.6 Å². The molecule has 1 aromatic heterocycles. The van der Waals surface area contributed by atoms with E-state index in [1.165, 1.54) is 0 Å². The van der Waals surface area contributed by atoms with Gasteiger partial charge in [0.05, 0.1) is 12.8 Å². The Morgan fingerprint density at radius 1 is 1.00 bits per heavy atom. The summed E-state index contributed by atoms with van der Waals surface area (Å²) < 4.78 is 5.42. The number of hydrogen-bond donors (Lipinski definition) is 2. The Morgan fingerprint density at radius 3 is 2.54 bits per heavy atom. The van der Waals surface area contributed by atoms with E-state index in [0.717, 1.165) is 33.4 Å². The van der Waals surface area contributed by atoms with Crippen molar-refractivity contribution in [3.05, 3.63) is 70.5 Å². The van der Waals surface area contributed by atoms with Crippen LogP contribution in [-0.4, -0.2) is 17.1 Å². The molecule has 26 heavy (non-hydrogen) atoms. The fourth-order valence-electron chi connectivity index (χ4n) is 2.61. The molecule has 134 valence electrons. The van der Waals surface area contributed by atoms with Crippen LogP contribution in [0.5, 0.6) is 5.75 Å². The van der Waals surface area contributed by atoms with E-state index in [-0.39, 0.29) is 0 Å². The Kier molecular flexibility index (Phi) is 5.58. The Labute approximate surface area is 158 Å². The number of nitrogens with zero attached hydrogens (tertiary/aromatic N) is 2. The lowest BCUT2D eigenvalue weighted by atomic mass is 10.2. The molecule has 5 nitrogen and oxygen atoms in total. The first kappa shape index (κ1) is 18.0. The summed E-state index contributed by atoms with van der Waals surface area (Å²) in [7, 11) is 1.65. The normalized spacial score (nSPS) is 10.5. The molecule has 0 saturated heterocycles. The summed E-state index contributed by atoms with van der Waals surface area (Å²) in [5.41, 5.74) is 3.01. The number of halogens is 1. The highest BCUT2D eigenvalue weighted by atomic mass is 35.5. The SMILES string of the molecule is COc1ccc(C)cc1Nc1cc(NCc2ccccc2Cl)nc(C)n1. The molecule has 0 aliphatic heterocycles. The van der Waals surface area contributed by atoms with Gasteiger partial charge >= 0.3 is 0 Å². The maximum atomic E-state index is 6.21. The van der Waals surface area contributed by atoms with Gasteiger partial charge in [0.15, 0.2) is 0 Å². The Morgan fingerprint density at radius 2 is 1.77 bits per heavy atom. The molecule has 0 aliphatic carbocycles. The smallest absolute Gasteiger partial charge is 0.142 e. The second-order valence-electron chi connectivity index (χ2n) is 5.96. The second-order valence-corrected chi connectivity index (χ2v) is 6.37. The molecule has 0 saturated carbocycles. The van der Waals surface area contributed by atoms with Crippen molar-refractivity contribution in [2.45, 2.75) is 20.4 Å². The maximum Gasteiger partial charge on any atom is 0.142 e. The van der Waals surface area contributed by atoms with E-state index >= 15 is 0 Å². The molecule has 0 atom stereocenters. The predicted octanol–water partition coefficient (Wildman–Crippen LogP) is 5.11. The molecule has 0 aliphatic rings. The van der Waals surface area contributed by atoms with E-state index in [1.807, 2.05) is 62.4 Å². The van der Waals surface area contributed by atoms with Crippen molar-refractivity contribution in [2.75, 3.05) is 17.7 Å². The second kappa shape index (κ2) is 8.06. The molecule has 0 radical (unpaired) electrons. The Hall–Kier alpha value is -2.79. The van der Waals surface area contributed by atoms with Crippen molar-refractivity contribution < 1.29 is 4.74 Å². The van der Waals surface area contributed by atoms with Crippen LogP contribution in [0, 0.1) is 13.8 Å².